The van der Waals surface area contributed by atoms with Crippen LogP contribution >= 0.6 is 0 Å². The molecule has 1 saturated heterocycles. The van der Waals surface area contributed by atoms with Gasteiger partial charge >= 0.3 is 73.1 Å². The van der Waals surface area contributed by atoms with Crippen molar-refractivity contribution >= 4 is 21.8 Å². The predicted molar refractivity (Wildman–Crippen MR) is 50.3 cm³/mol. The molecule has 0 bridgehead atoms. The summed E-state index contributed by atoms with van der Waals surface area (Å²) in [4.78, 5) is 0. The topological polar surface area (TPSA) is 9.23 Å². The van der Waals surface area contributed by atoms with Gasteiger partial charge in [-0.05, 0) is 0 Å². The third-order valence-electron chi connectivity index (χ3n) is 0.702. The summed E-state index contributed by atoms with van der Waals surface area (Å²) < 4.78 is 122. The Morgan fingerprint density at radius 1 is 0.619 bits per heavy atom. The molecule has 0 amide bonds. The molecule has 0 radical (unpaired) electrons. The summed E-state index contributed by atoms with van der Waals surface area (Å²) in [6.07, 6.45) is 3.29. The zero-order valence-corrected chi connectivity index (χ0v) is 13.5. The van der Waals surface area contributed by atoms with Crippen molar-refractivity contribution in [3.63, 3.8) is 0 Å². The molecular formula is C4H7B3F12KO-3. The van der Waals surface area contributed by atoms with Crippen molar-refractivity contribution in [2.24, 2.45) is 0 Å². The van der Waals surface area contributed by atoms with Crippen LogP contribution in [0.15, 0.2) is 0 Å². The first-order chi connectivity index (χ1) is 8.50. The Morgan fingerprint density at radius 3 is 0.905 bits per heavy atom. The van der Waals surface area contributed by atoms with Gasteiger partial charge in [-0.2, -0.15) is 6.42 Å². The van der Waals surface area contributed by atoms with Crippen molar-refractivity contribution < 1.29 is 108 Å². The van der Waals surface area contributed by atoms with E-state index in [0.29, 0.717) is 0 Å². The Labute approximate surface area is 154 Å². The van der Waals surface area contributed by atoms with Crippen molar-refractivity contribution in [1.29, 1.82) is 0 Å². The summed E-state index contributed by atoms with van der Waals surface area (Å²) in [7, 11) is -18.0. The minimum absolute atomic E-state index is 0. The van der Waals surface area contributed by atoms with Crippen LogP contribution in [0.2, 0.25) is 0 Å². The first-order valence-corrected chi connectivity index (χ1v) is 4.51. The van der Waals surface area contributed by atoms with E-state index in [-0.39, 0.29) is 51.4 Å². The van der Waals surface area contributed by atoms with Gasteiger partial charge in [0.2, 0.25) is 0 Å². The van der Waals surface area contributed by atoms with E-state index in [2.05, 4.69) is 6.42 Å². The maximum absolute atomic E-state index is 9.75. The second kappa shape index (κ2) is 14.5. The van der Waals surface area contributed by atoms with Crippen LogP contribution < -0.4 is 51.4 Å². The van der Waals surface area contributed by atoms with E-state index in [0.717, 1.165) is 19.6 Å². The molecule has 0 spiro atoms. The Hall–Kier alpha value is 0.951. The molecule has 1 aliphatic rings. The van der Waals surface area contributed by atoms with Crippen LogP contribution in [-0.4, -0.2) is 35.0 Å². The fraction of sp³-hybridized carbons (Fsp3) is 0.750. The molecule has 1 fully saturated rings. The van der Waals surface area contributed by atoms with Crippen LogP contribution in [0.5, 0.6) is 0 Å². The molecule has 21 heavy (non-hydrogen) atoms. The van der Waals surface area contributed by atoms with Crippen LogP contribution in [0.1, 0.15) is 6.42 Å². The minimum atomic E-state index is -6.00. The molecule has 1 heterocycles. The van der Waals surface area contributed by atoms with Gasteiger partial charge in [0.1, 0.15) is 0 Å². The van der Waals surface area contributed by atoms with Crippen LogP contribution in [0.25, 0.3) is 0 Å². The van der Waals surface area contributed by atoms with E-state index in [1.54, 1.807) is 0 Å². The molecule has 0 atom stereocenters. The summed E-state index contributed by atoms with van der Waals surface area (Å²) in [5.74, 6) is 0. The molecule has 1 nitrogen and oxygen atoms in total. The fourth-order valence-electron chi connectivity index (χ4n) is 0.417. The number of rotatable bonds is 0. The summed E-state index contributed by atoms with van der Waals surface area (Å²) >= 11 is 0. The third kappa shape index (κ3) is 212. The van der Waals surface area contributed by atoms with Gasteiger partial charge in [0.25, 0.3) is 0 Å². The zero-order valence-electron chi connectivity index (χ0n) is 10.4. The molecule has 126 valence electrons. The Balaban J connectivity index is -0.0000000903. The van der Waals surface area contributed by atoms with E-state index in [9.17, 15) is 51.8 Å². The summed E-state index contributed by atoms with van der Waals surface area (Å²) in [5.41, 5.74) is 0. The number of hydrogen-bond acceptors (Lipinski definition) is 1. The molecule has 0 aromatic carbocycles. The Morgan fingerprint density at radius 2 is 0.857 bits per heavy atom. The first kappa shape index (κ1) is 29.9. The van der Waals surface area contributed by atoms with E-state index < -0.39 is 21.8 Å². The maximum Gasteiger partial charge on any atom is 1.00 e. The van der Waals surface area contributed by atoms with Gasteiger partial charge in [-0.25, -0.2) is 0 Å². The van der Waals surface area contributed by atoms with E-state index in [1.165, 1.54) is 0 Å². The smallest absolute Gasteiger partial charge is 0.418 e. The second-order valence-corrected chi connectivity index (χ2v) is 2.64. The second-order valence-electron chi connectivity index (χ2n) is 2.64. The van der Waals surface area contributed by atoms with Crippen LogP contribution in [0.4, 0.5) is 51.8 Å². The monoisotopic (exact) mass is 371 g/mol. The molecule has 0 N–H and O–H groups in total. The SMILES string of the molecule is F[B-](F)(F)F.F[B-](F)(F)F.F[B-](F)(F)F.[CH-]1CCOC1.[K+]. The van der Waals surface area contributed by atoms with Gasteiger partial charge in [-0.3, -0.25) is 0 Å². The standard InChI is InChI=1S/C4H7O.3BF4.K/c1-2-4-5-3-1;3*2-1(3,4)5;/h1H,2-4H2;;;;/q4*-1;+1. The molecule has 0 aromatic heterocycles. The van der Waals surface area contributed by atoms with Crippen molar-refractivity contribution in [2.45, 2.75) is 6.42 Å². The zero-order chi connectivity index (χ0) is 17.0. The van der Waals surface area contributed by atoms with Crippen molar-refractivity contribution in [2.75, 3.05) is 13.2 Å². The summed E-state index contributed by atoms with van der Waals surface area (Å²) in [6.45, 7) is 1.82. The van der Waals surface area contributed by atoms with Gasteiger partial charge in [0.05, 0.1) is 0 Å². The predicted octanol–water partition coefficient (Wildman–Crippen LogP) is 1.51. The maximum atomic E-state index is 9.75. The number of halogens is 12. The summed E-state index contributed by atoms with van der Waals surface area (Å²) in [5, 5.41) is 0. The van der Waals surface area contributed by atoms with Crippen LogP contribution in [0, 0.1) is 6.42 Å². The molecule has 0 aliphatic carbocycles. The largest absolute Gasteiger partial charge is 1.00 e. The molecule has 0 saturated carbocycles. The average molecular weight is 371 g/mol. The molecular weight excluding hydrogens is 364 g/mol. The Bertz CT molecular complexity index is 158. The average Bonchev–Trinajstić information content (AvgIpc) is 2.45. The molecule has 1 aliphatic heterocycles. The first-order valence-electron chi connectivity index (χ1n) is 4.51. The number of hydrogen-bond donors (Lipinski definition) is 0. The number of ether oxygens (including phenoxy) is 1. The van der Waals surface area contributed by atoms with E-state index >= 15 is 0 Å². The molecule has 0 unspecified atom stereocenters. The fourth-order valence-corrected chi connectivity index (χ4v) is 0.417. The third-order valence-corrected chi connectivity index (χ3v) is 0.702. The van der Waals surface area contributed by atoms with Crippen LogP contribution in [-0.2, 0) is 4.74 Å². The van der Waals surface area contributed by atoms with Crippen LogP contribution in [0.3, 0.4) is 0 Å². The van der Waals surface area contributed by atoms with Crippen molar-refractivity contribution in [1.82, 2.24) is 0 Å². The van der Waals surface area contributed by atoms with Gasteiger partial charge in [-0.1, -0.05) is 6.61 Å². The summed E-state index contributed by atoms with van der Waals surface area (Å²) in [6, 6.07) is 0. The molecule has 1 rings (SSSR count). The van der Waals surface area contributed by atoms with Crippen molar-refractivity contribution in [3.05, 3.63) is 6.42 Å². The Kier molecular flexibility index (Phi) is 20.7. The quantitative estimate of drug-likeness (QED) is 0.357. The van der Waals surface area contributed by atoms with E-state index in [4.69, 9.17) is 4.74 Å². The normalized spacial score (nSPS) is 14.3. The van der Waals surface area contributed by atoms with Gasteiger partial charge in [0.15, 0.2) is 0 Å². The minimum Gasteiger partial charge on any atom is -0.418 e. The molecule has 0 aromatic rings. The van der Waals surface area contributed by atoms with Gasteiger partial charge in [-0.15, -0.1) is 0 Å². The van der Waals surface area contributed by atoms with E-state index in [1.807, 2.05) is 0 Å². The van der Waals surface area contributed by atoms with Gasteiger partial charge in [0, 0.05) is 6.61 Å². The molecule has 17 heteroatoms. The van der Waals surface area contributed by atoms with Crippen molar-refractivity contribution in [3.8, 4) is 0 Å². The van der Waals surface area contributed by atoms with Gasteiger partial charge < -0.3 is 62.9 Å².